The third-order valence-electron chi connectivity index (χ3n) is 3.04. The minimum absolute atomic E-state index is 0.196. The molecule has 0 aliphatic carbocycles. The molecule has 2 unspecified atom stereocenters. The Hall–Kier alpha value is -0.380. The number of thiophene rings is 1. The minimum Gasteiger partial charge on any atom is -0.378 e. The molecular formula is C12H19NOS. The van der Waals surface area contributed by atoms with Gasteiger partial charge in [0.15, 0.2) is 0 Å². The summed E-state index contributed by atoms with van der Waals surface area (Å²) in [5.41, 5.74) is 7.38. The molecule has 3 heteroatoms. The maximum absolute atomic E-state index is 6.11. The SMILES string of the molecule is NC(CCC1CCCCO1)c1ccsc1. The standard InChI is InChI=1S/C12H19NOS/c13-12(10-6-8-15-9-10)5-4-11-3-1-2-7-14-11/h6,8-9,11-12H,1-5,7,13H2. The van der Waals surface area contributed by atoms with Crippen molar-refractivity contribution < 1.29 is 4.74 Å². The van der Waals surface area contributed by atoms with E-state index in [4.69, 9.17) is 10.5 Å². The topological polar surface area (TPSA) is 35.2 Å². The zero-order chi connectivity index (χ0) is 10.5. The normalized spacial score (nSPS) is 23.9. The molecule has 15 heavy (non-hydrogen) atoms. The van der Waals surface area contributed by atoms with Gasteiger partial charge in [-0.05, 0) is 54.5 Å². The molecule has 1 aliphatic rings. The summed E-state index contributed by atoms with van der Waals surface area (Å²) in [6.45, 7) is 0.943. The highest BCUT2D eigenvalue weighted by molar-refractivity contribution is 7.07. The Balaban J connectivity index is 1.73. The first kappa shape index (κ1) is 11.1. The molecule has 0 aromatic carbocycles. The molecule has 0 amide bonds. The highest BCUT2D eigenvalue weighted by atomic mass is 32.1. The zero-order valence-corrected chi connectivity index (χ0v) is 9.84. The molecule has 2 N–H and O–H groups in total. The smallest absolute Gasteiger partial charge is 0.0575 e. The van der Waals surface area contributed by atoms with Crippen molar-refractivity contribution in [3.05, 3.63) is 22.4 Å². The number of rotatable bonds is 4. The van der Waals surface area contributed by atoms with Crippen LogP contribution in [0.3, 0.4) is 0 Å². The number of ether oxygens (including phenoxy) is 1. The average molecular weight is 225 g/mol. The first-order valence-electron chi connectivity index (χ1n) is 5.75. The van der Waals surface area contributed by atoms with E-state index in [1.165, 1.54) is 24.8 Å². The fraction of sp³-hybridized carbons (Fsp3) is 0.667. The van der Waals surface area contributed by atoms with Crippen molar-refractivity contribution in [2.75, 3.05) is 6.61 Å². The van der Waals surface area contributed by atoms with Gasteiger partial charge in [-0.1, -0.05) is 0 Å². The van der Waals surface area contributed by atoms with Crippen molar-refractivity contribution in [2.24, 2.45) is 5.73 Å². The lowest BCUT2D eigenvalue weighted by molar-refractivity contribution is 0.00913. The van der Waals surface area contributed by atoms with Gasteiger partial charge < -0.3 is 10.5 Å². The van der Waals surface area contributed by atoms with Crippen LogP contribution in [0.1, 0.15) is 43.7 Å². The second-order valence-electron chi connectivity index (χ2n) is 4.23. The lowest BCUT2D eigenvalue weighted by Gasteiger charge is -2.23. The van der Waals surface area contributed by atoms with Crippen molar-refractivity contribution in [3.8, 4) is 0 Å². The Morgan fingerprint density at radius 3 is 3.13 bits per heavy atom. The lowest BCUT2D eigenvalue weighted by atomic mass is 9.99. The average Bonchev–Trinajstić information content (AvgIpc) is 2.81. The summed E-state index contributed by atoms with van der Waals surface area (Å²) in [7, 11) is 0. The number of hydrogen-bond acceptors (Lipinski definition) is 3. The van der Waals surface area contributed by atoms with Crippen molar-refractivity contribution >= 4 is 11.3 Å². The van der Waals surface area contributed by atoms with E-state index in [0.29, 0.717) is 6.10 Å². The van der Waals surface area contributed by atoms with Gasteiger partial charge >= 0.3 is 0 Å². The van der Waals surface area contributed by atoms with Gasteiger partial charge in [0, 0.05) is 12.6 Å². The van der Waals surface area contributed by atoms with Gasteiger partial charge in [-0.15, -0.1) is 0 Å². The van der Waals surface area contributed by atoms with Gasteiger partial charge in [-0.3, -0.25) is 0 Å². The van der Waals surface area contributed by atoms with Gasteiger partial charge in [0.2, 0.25) is 0 Å². The molecular weight excluding hydrogens is 206 g/mol. The Morgan fingerprint density at radius 1 is 1.53 bits per heavy atom. The highest BCUT2D eigenvalue weighted by Crippen LogP contribution is 2.23. The quantitative estimate of drug-likeness (QED) is 0.854. The summed E-state index contributed by atoms with van der Waals surface area (Å²) in [5.74, 6) is 0. The van der Waals surface area contributed by atoms with Crippen LogP contribution in [0, 0.1) is 0 Å². The zero-order valence-electron chi connectivity index (χ0n) is 9.02. The van der Waals surface area contributed by atoms with E-state index in [1.807, 2.05) is 0 Å². The van der Waals surface area contributed by atoms with Gasteiger partial charge in [0.25, 0.3) is 0 Å². The largest absolute Gasteiger partial charge is 0.378 e. The van der Waals surface area contributed by atoms with Crippen LogP contribution in [0.15, 0.2) is 16.8 Å². The van der Waals surface area contributed by atoms with Crippen LogP contribution in [0.2, 0.25) is 0 Å². The van der Waals surface area contributed by atoms with Crippen LogP contribution in [0.25, 0.3) is 0 Å². The number of hydrogen-bond donors (Lipinski definition) is 1. The Labute approximate surface area is 95.4 Å². The van der Waals surface area contributed by atoms with E-state index < -0.39 is 0 Å². The molecule has 0 saturated carbocycles. The molecule has 2 heterocycles. The van der Waals surface area contributed by atoms with Gasteiger partial charge in [0.05, 0.1) is 6.10 Å². The Kier molecular flexibility index (Phi) is 4.18. The monoisotopic (exact) mass is 225 g/mol. The summed E-state index contributed by atoms with van der Waals surface area (Å²) in [4.78, 5) is 0. The van der Waals surface area contributed by atoms with Crippen molar-refractivity contribution in [1.82, 2.24) is 0 Å². The predicted molar refractivity (Wildman–Crippen MR) is 64.1 cm³/mol. The lowest BCUT2D eigenvalue weighted by Crippen LogP contribution is -2.21. The third kappa shape index (κ3) is 3.30. The van der Waals surface area contributed by atoms with Crippen molar-refractivity contribution in [2.45, 2.75) is 44.2 Å². The molecule has 0 radical (unpaired) electrons. The molecule has 2 nitrogen and oxygen atoms in total. The van der Waals surface area contributed by atoms with E-state index in [0.717, 1.165) is 19.4 Å². The number of nitrogens with two attached hydrogens (primary N) is 1. The molecule has 1 fully saturated rings. The van der Waals surface area contributed by atoms with Gasteiger partial charge in [-0.2, -0.15) is 11.3 Å². The predicted octanol–water partition coefficient (Wildman–Crippen LogP) is 3.10. The first-order chi connectivity index (χ1) is 7.36. The summed E-state index contributed by atoms with van der Waals surface area (Å²) < 4.78 is 5.69. The Bertz CT molecular complexity index is 267. The van der Waals surface area contributed by atoms with E-state index in [2.05, 4.69) is 16.8 Å². The summed E-state index contributed by atoms with van der Waals surface area (Å²) in [6, 6.07) is 2.32. The molecule has 1 aliphatic heterocycles. The molecule has 0 spiro atoms. The van der Waals surface area contributed by atoms with E-state index in [1.54, 1.807) is 11.3 Å². The fourth-order valence-corrected chi connectivity index (χ4v) is 2.78. The fourth-order valence-electron chi connectivity index (χ4n) is 2.05. The van der Waals surface area contributed by atoms with E-state index >= 15 is 0 Å². The molecule has 1 aromatic heterocycles. The minimum atomic E-state index is 0.196. The van der Waals surface area contributed by atoms with Crippen molar-refractivity contribution in [1.29, 1.82) is 0 Å². The molecule has 84 valence electrons. The highest BCUT2D eigenvalue weighted by Gasteiger charge is 2.15. The van der Waals surface area contributed by atoms with Crippen LogP contribution < -0.4 is 5.73 Å². The summed E-state index contributed by atoms with van der Waals surface area (Å²) >= 11 is 1.72. The second-order valence-corrected chi connectivity index (χ2v) is 5.01. The molecule has 1 saturated heterocycles. The molecule has 2 atom stereocenters. The van der Waals surface area contributed by atoms with Crippen LogP contribution in [-0.2, 0) is 4.74 Å². The maximum Gasteiger partial charge on any atom is 0.0575 e. The summed E-state index contributed by atoms with van der Waals surface area (Å²) in [6.07, 6.45) is 6.38. The maximum atomic E-state index is 6.11. The molecule has 0 bridgehead atoms. The molecule has 1 aromatic rings. The van der Waals surface area contributed by atoms with Crippen LogP contribution in [0.4, 0.5) is 0 Å². The van der Waals surface area contributed by atoms with E-state index in [-0.39, 0.29) is 6.04 Å². The van der Waals surface area contributed by atoms with Gasteiger partial charge in [0.1, 0.15) is 0 Å². The first-order valence-corrected chi connectivity index (χ1v) is 6.70. The molecule has 2 rings (SSSR count). The Morgan fingerprint density at radius 2 is 2.47 bits per heavy atom. The second kappa shape index (κ2) is 5.64. The van der Waals surface area contributed by atoms with Crippen LogP contribution in [0.5, 0.6) is 0 Å². The summed E-state index contributed by atoms with van der Waals surface area (Å²) in [5, 5.41) is 4.23. The van der Waals surface area contributed by atoms with Crippen molar-refractivity contribution in [3.63, 3.8) is 0 Å². The van der Waals surface area contributed by atoms with E-state index in [9.17, 15) is 0 Å². The van der Waals surface area contributed by atoms with Gasteiger partial charge in [-0.25, -0.2) is 0 Å². The van der Waals surface area contributed by atoms with Crippen LogP contribution >= 0.6 is 11.3 Å². The third-order valence-corrected chi connectivity index (χ3v) is 3.75. The van der Waals surface area contributed by atoms with Crippen LogP contribution in [-0.4, -0.2) is 12.7 Å².